The van der Waals surface area contributed by atoms with Crippen molar-refractivity contribution in [2.75, 3.05) is 6.54 Å². The first-order valence-electron chi connectivity index (χ1n) is 10.7. The Hall–Kier alpha value is -3.53. The number of carbonyl (C=O) groups is 2. The molecule has 2 amide bonds. The summed E-state index contributed by atoms with van der Waals surface area (Å²) in [4.78, 5) is 46.7. The van der Waals surface area contributed by atoms with Crippen LogP contribution < -0.4 is 5.32 Å². The van der Waals surface area contributed by atoms with E-state index in [-0.39, 0.29) is 23.9 Å². The zero-order valence-corrected chi connectivity index (χ0v) is 18.9. The molecule has 170 valence electrons. The lowest BCUT2D eigenvalue weighted by Gasteiger charge is -2.30. The SMILES string of the molecule is CCCCNC(=O)CC1C(=O)N=C2c3ccccc3N=C(SCc3cccc([N+](=O)[O-])c3)N21. The number of non-ortho nitro benzene ring substituents is 1. The van der Waals surface area contributed by atoms with Crippen molar-refractivity contribution in [2.24, 2.45) is 9.98 Å². The van der Waals surface area contributed by atoms with E-state index in [1.807, 2.05) is 31.2 Å². The lowest BCUT2D eigenvalue weighted by Crippen LogP contribution is -2.46. The third kappa shape index (κ3) is 4.95. The van der Waals surface area contributed by atoms with Crippen LogP contribution in [0.5, 0.6) is 0 Å². The minimum absolute atomic E-state index is 0.0178. The topological polar surface area (TPSA) is 117 Å². The van der Waals surface area contributed by atoms with Gasteiger partial charge >= 0.3 is 0 Å². The van der Waals surface area contributed by atoms with Crippen molar-refractivity contribution in [2.45, 2.75) is 38.0 Å². The summed E-state index contributed by atoms with van der Waals surface area (Å²) in [5.41, 5.74) is 2.20. The number of thioether (sulfide) groups is 1. The van der Waals surface area contributed by atoms with Crippen molar-refractivity contribution in [3.05, 3.63) is 69.8 Å². The number of amidine groups is 2. The minimum atomic E-state index is -0.772. The summed E-state index contributed by atoms with van der Waals surface area (Å²) in [6.07, 6.45) is 1.81. The fraction of sp³-hybridized carbons (Fsp3) is 0.304. The normalized spacial score (nSPS) is 16.6. The van der Waals surface area contributed by atoms with Crippen molar-refractivity contribution >= 4 is 46.0 Å². The van der Waals surface area contributed by atoms with Gasteiger partial charge in [-0.1, -0.05) is 49.4 Å². The third-order valence-electron chi connectivity index (χ3n) is 5.33. The van der Waals surface area contributed by atoms with Crippen molar-refractivity contribution in [1.29, 1.82) is 0 Å². The quantitative estimate of drug-likeness (QED) is 0.360. The molecule has 0 radical (unpaired) electrons. The number of hydrogen-bond acceptors (Lipinski definition) is 7. The fourth-order valence-electron chi connectivity index (χ4n) is 3.66. The van der Waals surface area contributed by atoms with Crippen LogP contribution in [0.4, 0.5) is 11.4 Å². The van der Waals surface area contributed by atoms with Gasteiger partial charge in [0.05, 0.1) is 17.0 Å². The summed E-state index contributed by atoms with van der Waals surface area (Å²) in [5.74, 6) is 0.311. The summed E-state index contributed by atoms with van der Waals surface area (Å²) in [5, 5.41) is 14.5. The Balaban J connectivity index is 1.59. The zero-order chi connectivity index (χ0) is 23.4. The van der Waals surface area contributed by atoms with E-state index < -0.39 is 11.0 Å². The van der Waals surface area contributed by atoms with Crippen LogP contribution in [-0.4, -0.2) is 45.2 Å². The van der Waals surface area contributed by atoms with Gasteiger partial charge in [0.25, 0.3) is 11.6 Å². The Kier molecular flexibility index (Phi) is 6.83. The molecule has 0 bridgehead atoms. The molecule has 1 atom stereocenters. The van der Waals surface area contributed by atoms with Gasteiger partial charge in [-0.15, -0.1) is 0 Å². The Morgan fingerprint density at radius 2 is 2.03 bits per heavy atom. The molecule has 1 unspecified atom stereocenters. The van der Waals surface area contributed by atoms with Gasteiger partial charge in [0.15, 0.2) is 5.17 Å². The van der Waals surface area contributed by atoms with Gasteiger partial charge in [0.1, 0.15) is 11.9 Å². The molecule has 33 heavy (non-hydrogen) atoms. The molecule has 2 heterocycles. The zero-order valence-electron chi connectivity index (χ0n) is 18.1. The molecule has 9 nitrogen and oxygen atoms in total. The Morgan fingerprint density at radius 3 is 2.82 bits per heavy atom. The molecule has 1 N–H and O–H groups in total. The summed E-state index contributed by atoms with van der Waals surface area (Å²) in [6.45, 7) is 2.61. The van der Waals surface area contributed by atoms with Gasteiger partial charge in [-0.3, -0.25) is 24.6 Å². The van der Waals surface area contributed by atoms with Gasteiger partial charge in [-0.05, 0) is 24.1 Å². The van der Waals surface area contributed by atoms with E-state index >= 15 is 0 Å². The summed E-state index contributed by atoms with van der Waals surface area (Å²) < 4.78 is 0. The predicted octanol–water partition coefficient (Wildman–Crippen LogP) is 3.79. The number of nitrogens with zero attached hydrogens (tertiary/aromatic N) is 4. The summed E-state index contributed by atoms with van der Waals surface area (Å²) in [7, 11) is 0. The first-order valence-corrected chi connectivity index (χ1v) is 11.7. The first-order chi connectivity index (χ1) is 16.0. The van der Waals surface area contributed by atoms with E-state index in [1.54, 1.807) is 17.0 Å². The maximum atomic E-state index is 12.8. The van der Waals surface area contributed by atoms with Crippen LogP contribution in [0.3, 0.4) is 0 Å². The number of rotatable bonds is 8. The Labute approximate surface area is 195 Å². The molecular formula is C23H23N5O4S. The van der Waals surface area contributed by atoms with E-state index in [0.717, 1.165) is 24.0 Å². The number of aliphatic imine (C=N–C) groups is 2. The second-order valence-corrected chi connectivity index (χ2v) is 8.64. The van der Waals surface area contributed by atoms with Crippen LogP contribution in [0.2, 0.25) is 0 Å². The average molecular weight is 466 g/mol. The van der Waals surface area contributed by atoms with Crippen molar-refractivity contribution < 1.29 is 14.5 Å². The Morgan fingerprint density at radius 1 is 1.21 bits per heavy atom. The molecule has 0 fully saturated rings. The minimum Gasteiger partial charge on any atom is -0.356 e. The second-order valence-electron chi connectivity index (χ2n) is 7.69. The summed E-state index contributed by atoms with van der Waals surface area (Å²) >= 11 is 1.35. The molecule has 2 aromatic carbocycles. The molecule has 0 aliphatic carbocycles. The van der Waals surface area contributed by atoms with Crippen LogP contribution in [0, 0.1) is 10.1 Å². The van der Waals surface area contributed by atoms with Crippen LogP contribution in [0.25, 0.3) is 0 Å². The highest BCUT2D eigenvalue weighted by atomic mass is 32.2. The van der Waals surface area contributed by atoms with Crippen LogP contribution in [0.15, 0.2) is 58.5 Å². The van der Waals surface area contributed by atoms with Crippen LogP contribution in [-0.2, 0) is 15.3 Å². The number of unbranched alkanes of at least 4 members (excludes halogenated alkanes) is 1. The first kappa shape index (κ1) is 22.7. The highest BCUT2D eigenvalue weighted by Gasteiger charge is 2.42. The molecule has 0 saturated heterocycles. The maximum absolute atomic E-state index is 12.8. The molecule has 10 heteroatoms. The van der Waals surface area contributed by atoms with E-state index in [2.05, 4.69) is 10.3 Å². The van der Waals surface area contributed by atoms with Gasteiger partial charge in [0, 0.05) is 30.0 Å². The molecule has 2 aliphatic rings. The smallest absolute Gasteiger partial charge is 0.271 e. The fourth-order valence-corrected chi connectivity index (χ4v) is 4.65. The standard InChI is InChI=1S/C23H23N5O4S/c1-2-3-11-24-20(29)13-19-22(30)26-21-17-9-4-5-10-18(17)25-23(27(19)21)33-14-15-7-6-8-16(12-15)28(31)32/h4-10,12,19H,2-3,11,13-14H2,1H3,(H,24,29). The highest BCUT2D eigenvalue weighted by molar-refractivity contribution is 8.13. The average Bonchev–Trinajstić information content (AvgIpc) is 3.14. The Bertz CT molecular complexity index is 1160. The number of amides is 2. The molecule has 0 aromatic heterocycles. The monoisotopic (exact) mass is 465 g/mol. The van der Waals surface area contributed by atoms with E-state index in [4.69, 9.17) is 4.99 Å². The van der Waals surface area contributed by atoms with Crippen LogP contribution in [0.1, 0.15) is 37.3 Å². The second kappa shape index (κ2) is 9.95. The molecular weight excluding hydrogens is 442 g/mol. The largest absolute Gasteiger partial charge is 0.356 e. The van der Waals surface area contributed by atoms with Crippen molar-refractivity contribution in [3.63, 3.8) is 0 Å². The van der Waals surface area contributed by atoms with Gasteiger partial charge in [0.2, 0.25) is 5.91 Å². The van der Waals surface area contributed by atoms with Gasteiger partial charge in [-0.25, -0.2) is 4.99 Å². The predicted molar refractivity (Wildman–Crippen MR) is 128 cm³/mol. The number of carbonyl (C=O) groups excluding carboxylic acids is 2. The third-order valence-corrected chi connectivity index (χ3v) is 6.35. The summed E-state index contributed by atoms with van der Waals surface area (Å²) in [6, 6.07) is 13.0. The van der Waals surface area contributed by atoms with Crippen molar-refractivity contribution in [3.8, 4) is 0 Å². The molecule has 2 aromatic rings. The van der Waals surface area contributed by atoms with E-state index in [9.17, 15) is 19.7 Å². The maximum Gasteiger partial charge on any atom is 0.271 e. The number of nitro benzene ring substituents is 1. The molecule has 2 aliphatic heterocycles. The van der Waals surface area contributed by atoms with Crippen LogP contribution >= 0.6 is 11.8 Å². The number of hydrogen-bond donors (Lipinski definition) is 1. The van der Waals surface area contributed by atoms with Gasteiger partial charge < -0.3 is 5.32 Å². The van der Waals surface area contributed by atoms with Gasteiger partial charge in [-0.2, -0.15) is 4.99 Å². The van der Waals surface area contributed by atoms with E-state index in [0.29, 0.717) is 29.0 Å². The number of nitro groups is 1. The highest BCUT2D eigenvalue weighted by Crippen LogP contribution is 2.35. The molecule has 4 rings (SSSR count). The lowest BCUT2D eigenvalue weighted by molar-refractivity contribution is -0.384. The molecule has 0 spiro atoms. The number of para-hydroxylation sites is 1. The number of fused-ring (bicyclic) bond motifs is 3. The number of benzene rings is 2. The van der Waals surface area contributed by atoms with Crippen molar-refractivity contribution in [1.82, 2.24) is 10.2 Å². The number of nitrogens with one attached hydrogen (secondary N) is 1. The van der Waals surface area contributed by atoms with E-state index in [1.165, 1.54) is 23.9 Å². The lowest BCUT2D eigenvalue weighted by atomic mass is 10.1. The molecule has 0 saturated carbocycles.